The number of rotatable bonds is 10. The van der Waals surface area contributed by atoms with Crippen molar-refractivity contribution in [3.05, 3.63) is 24.3 Å². The maximum absolute atomic E-state index is 12.7. The molecule has 0 aliphatic carbocycles. The van der Waals surface area contributed by atoms with E-state index in [9.17, 15) is 21.6 Å². The Kier molecular flexibility index (Phi) is 7.54. The van der Waals surface area contributed by atoms with Crippen molar-refractivity contribution in [3.63, 3.8) is 0 Å². The molecule has 10 heteroatoms. The molecule has 0 aromatic heterocycles. The fourth-order valence-electron chi connectivity index (χ4n) is 2.34. The zero-order valence-electron chi connectivity index (χ0n) is 14.5. The number of sulfonamides is 2. The Morgan fingerprint density at radius 2 is 1.44 bits per heavy atom. The fraction of sp³-hybridized carbons (Fsp3) is 0.533. The summed E-state index contributed by atoms with van der Waals surface area (Å²) in [6, 6.07) is 5.01. The second-order valence-electron chi connectivity index (χ2n) is 5.30. The van der Waals surface area contributed by atoms with E-state index >= 15 is 0 Å². The molecule has 1 N–H and O–H groups in total. The second-order valence-corrected chi connectivity index (χ2v) is 9.17. The summed E-state index contributed by atoms with van der Waals surface area (Å²) in [6.45, 7) is 4.99. The summed E-state index contributed by atoms with van der Waals surface area (Å²) in [6.07, 6.45) is 0.434. The molecule has 0 spiro atoms. The maximum Gasteiger partial charge on any atom is 0.318 e. The Balaban J connectivity index is 3.37. The van der Waals surface area contributed by atoms with Crippen molar-refractivity contribution in [3.8, 4) is 0 Å². The molecular weight excluding hydrogens is 368 g/mol. The molecule has 0 aliphatic heterocycles. The van der Waals surface area contributed by atoms with Gasteiger partial charge in [-0.25, -0.2) is 16.8 Å². The zero-order chi connectivity index (χ0) is 19.3. The Bertz CT molecular complexity index is 801. The predicted octanol–water partition coefficient (Wildman–Crippen LogP) is 1.20. The molecule has 0 atom stereocenters. The summed E-state index contributed by atoms with van der Waals surface area (Å²) < 4.78 is 52.6. The van der Waals surface area contributed by atoms with Crippen molar-refractivity contribution in [2.24, 2.45) is 0 Å². The monoisotopic (exact) mass is 392 g/mol. The number of carboxylic acid groups (broad SMARTS) is 1. The first-order valence-electron chi connectivity index (χ1n) is 7.93. The van der Waals surface area contributed by atoms with E-state index < -0.39 is 32.6 Å². The molecule has 25 heavy (non-hydrogen) atoms. The van der Waals surface area contributed by atoms with Crippen molar-refractivity contribution >= 4 is 26.0 Å². The summed E-state index contributed by atoms with van der Waals surface area (Å²) >= 11 is 0. The minimum atomic E-state index is -4.11. The fourth-order valence-corrected chi connectivity index (χ4v) is 5.45. The van der Waals surface area contributed by atoms with Crippen LogP contribution in [0.2, 0.25) is 0 Å². The highest BCUT2D eigenvalue weighted by Gasteiger charge is 2.28. The van der Waals surface area contributed by atoms with E-state index in [2.05, 4.69) is 0 Å². The Hall–Kier alpha value is -1.49. The van der Waals surface area contributed by atoms with Gasteiger partial charge in [-0.15, -0.1) is 0 Å². The third-order valence-electron chi connectivity index (χ3n) is 3.57. The van der Waals surface area contributed by atoms with Gasteiger partial charge in [-0.05, 0) is 24.6 Å². The van der Waals surface area contributed by atoms with E-state index in [-0.39, 0.29) is 29.4 Å². The van der Waals surface area contributed by atoms with E-state index in [1.54, 1.807) is 20.8 Å². The maximum atomic E-state index is 12.7. The van der Waals surface area contributed by atoms with Crippen LogP contribution in [-0.4, -0.2) is 62.7 Å². The first-order valence-corrected chi connectivity index (χ1v) is 10.8. The summed E-state index contributed by atoms with van der Waals surface area (Å²) in [7, 11) is -7.92. The van der Waals surface area contributed by atoms with Gasteiger partial charge in [0, 0.05) is 19.6 Å². The van der Waals surface area contributed by atoms with Crippen LogP contribution in [0.25, 0.3) is 0 Å². The molecule has 0 amide bonds. The number of hydrogen-bond acceptors (Lipinski definition) is 5. The van der Waals surface area contributed by atoms with Gasteiger partial charge in [0.2, 0.25) is 20.0 Å². The molecule has 8 nitrogen and oxygen atoms in total. The van der Waals surface area contributed by atoms with Gasteiger partial charge in [0.15, 0.2) is 0 Å². The average Bonchev–Trinajstić information content (AvgIpc) is 2.55. The molecule has 0 fully saturated rings. The van der Waals surface area contributed by atoms with Crippen molar-refractivity contribution in [1.82, 2.24) is 8.61 Å². The molecule has 142 valence electrons. The third-order valence-corrected chi connectivity index (χ3v) is 7.46. The number of aliphatic carboxylic acids is 1. The molecule has 0 radical (unpaired) electrons. The number of carbonyl (C=O) groups is 1. The van der Waals surface area contributed by atoms with E-state index in [1.165, 1.54) is 22.5 Å². The zero-order valence-corrected chi connectivity index (χ0v) is 16.2. The van der Waals surface area contributed by atoms with Crippen LogP contribution in [0.3, 0.4) is 0 Å². The van der Waals surface area contributed by atoms with Gasteiger partial charge in [0.1, 0.15) is 6.54 Å². The number of benzene rings is 1. The molecule has 0 unspecified atom stereocenters. The van der Waals surface area contributed by atoms with Gasteiger partial charge < -0.3 is 5.11 Å². The van der Waals surface area contributed by atoms with E-state index in [1.807, 2.05) is 0 Å². The number of hydrogen-bond donors (Lipinski definition) is 1. The van der Waals surface area contributed by atoms with Crippen LogP contribution in [0.15, 0.2) is 34.1 Å². The highest BCUT2D eigenvalue weighted by molar-refractivity contribution is 7.90. The number of carboxylic acids is 1. The minimum Gasteiger partial charge on any atom is -0.480 e. The lowest BCUT2D eigenvalue weighted by atomic mass is 10.4. The minimum absolute atomic E-state index is 0.0294. The predicted molar refractivity (Wildman–Crippen MR) is 93.2 cm³/mol. The van der Waals surface area contributed by atoms with E-state index in [4.69, 9.17) is 5.11 Å². The van der Waals surface area contributed by atoms with Crippen LogP contribution in [0.4, 0.5) is 0 Å². The van der Waals surface area contributed by atoms with Gasteiger partial charge in [0.05, 0.1) is 9.79 Å². The largest absolute Gasteiger partial charge is 0.480 e. The van der Waals surface area contributed by atoms with Crippen molar-refractivity contribution in [2.45, 2.75) is 37.0 Å². The molecule has 0 bridgehead atoms. The van der Waals surface area contributed by atoms with E-state index in [0.29, 0.717) is 6.42 Å². The molecular formula is C15H24N2O6S2. The van der Waals surface area contributed by atoms with Crippen LogP contribution in [0.5, 0.6) is 0 Å². The highest BCUT2D eigenvalue weighted by atomic mass is 32.2. The molecule has 0 saturated heterocycles. The average molecular weight is 392 g/mol. The van der Waals surface area contributed by atoms with Gasteiger partial charge in [-0.3, -0.25) is 4.79 Å². The first-order chi connectivity index (χ1) is 11.6. The first kappa shape index (κ1) is 21.6. The molecule has 1 rings (SSSR count). The van der Waals surface area contributed by atoms with Gasteiger partial charge in [0.25, 0.3) is 0 Å². The van der Waals surface area contributed by atoms with Gasteiger partial charge >= 0.3 is 5.97 Å². The van der Waals surface area contributed by atoms with Crippen molar-refractivity contribution in [1.29, 1.82) is 0 Å². The molecule has 0 saturated carbocycles. The summed E-state index contributed by atoms with van der Waals surface area (Å²) in [5.74, 6) is -1.27. The molecule has 1 aromatic carbocycles. The van der Waals surface area contributed by atoms with Crippen molar-refractivity contribution in [2.75, 3.05) is 26.2 Å². The third kappa shape index (κ3) is 5.00. The smallest absolute Gasteiger partial charge is 0.318 e. The van der Waals surface area contributed by atoms with Crippen molar-refractivity contribution < 1.29 is 26.7 Å². The quantitative estimate of drug-likeness (QED) is 0.640. The highest BCUT2D eigenvalue weighted by Crippen LogP contribution is 2.22. The standard InChI is InChI=1S/C15H24N2O6S2/c1-4-10-17(12-15(18)19)25(22,23)14-9-7-8-13(11-14)24(20,21)16(5-2)6-3/h7-9,11H,4-6,10,12H2,1-3H3,(H,18,19). The summed E-state index contributed by atoms with van der Waals surface area (Å²) in [4.78, 5) is 10.6. The van der Waals surface area contributed by atoms with Gasteiger partial charge in [-0.1, -0.05) is 26.8 Å². The molecule has 0 heterocycles. The van der Waals surface area contributed by atoms with Crippen LogP contribution in [0, 0.1) is 0 Å². The normalized spacial score (nSPS) is 12.7. The summed E-state index contributed by atoms with van der Waals surface area (Å²) in [5.41, 5.74) is 0. The molecule has 0 aliphatic rings. The Morgan fingerprint density at radius 1 is 0.960 bits per heavy atom. The molecule has 1 aromatic rings. The van der Waals surface area contributed by atoms with Crippen LogP contribution >= 0.6 is 0 Å². The lowest BCUT2D eigenvalue weighted by Crippen LogP contribution is -2.36. The SMILES string of the molecule is CCCN(CC(=O)O)S(=O)(=O)c1cccc(S(=O)(=O)N(CC)CC)c1. The topological polar surface area (TPSA) is 112 Å². The lowest BCUT2D eigenvalue weighted by molar-refractivity contribution is -0.137. The number of nitrogens with zero attached hydrogens (tertiary/aromatic N) is 2. The Labute approximate surface area is 149 Å². The lowest BCUT2D eigenvalue weighted by Gasteiger charge is -2.21. The van der Waals surface area contributed by atoms with Crippen LogP contribution in [-0.2, 0) is 24.8 Å². The van der Waals surface area contributed by atoms with Gasteiger partial charge in [-0.2, -0.15) is 8.61 Å². The summed E-state index contributed by atoms with van der Waals surface area (Å²) in [5, 5.41) is 8.93. The second kappa shape index (κ2) is 8.75. The Morgan fingerprint density at radius 3 is 1.84 bits per heavy atom. The van der Waals surface area contributed by atoms with E-state index in [0.717, 1.165) is 10.4 Å². The van der Waals surface area contributed by atoms with Crippen LogP contribution in [0.1, 0.15) is 27.2 Å². The van der Waals surface area contributed by atoms with Crippen LogP contribution < -0.4 is 0 Å².